The van der Waals surface area contributed by atoms with Crippen molar-refractivity contribution in [3.05, 3.63) is 23.3 Å². The molecule has 0 unspecified atom stereocenters. The predicted octanol–water partition coefficient (Wildman–Crippen LogP) is 0.436. The third kappa shape index (κ3) is 1.28. The Kier molecular flexibility index (Phi) is 1.82. The molecule has 1 aromatic rings. The maximum absolute atomic E-state index is 11.3. The van der Waals surface area contributed by atoms with E-state index in [0.717, 1.165) is 12.1 Å². The van der Waals surface area contributed by atoms with Gasteiger partial charge in [0.25, 0.3) is 0 Å². The summed E-state index contributed by atoms with van der Waals surface area (Å²) in [5.41, 5.74) is -0.165. The number of phenols is 2. The van der Waals surface area contributed by atoms with E-state index in [-0.39, 0.29) is 11.1 Å². The summed E-state index contributed by atoms with van der Waals surface area (Å²) in [7, 11) is 0. The molecule has 2 rings (SSSR count). The van der Waals surface area contributed by atoms with Gasteiger partial charge in [-0.2, -0.15) is 0 Å². The highest BCUT2D eigenvalue weighted by atomic mass is 16.3. The molecule has 0 saturated carbocycles. The molecule has 0 aliphatic heterocycles. The molecule has 5 nitrogen and oxygen atoms in total. The zero-order valence-corrected chi connectivity index (χ0v) is 7.48. The fraction of sp³-hybridized carbons (Fsp3) is 0.100. The highest BCUT2D eigenvalue weighted by molar-refractivity contribution is 6.50. The molecule has 0 spiro atoms. The minimum absolute atomic E-state index is 0.0186. The van der Waals surface area contributed by atoms with Crippen molar-refractivity contribution in [2.24, 2.45) is 0 Å². The van der Waals surface area contributed by atoms with Crippen LogP contribution in [0.25, 0.3) is 0 Å². The van der Waals surface area contributed by atoms with Crippen LogP contribution in [0.3, 0.4) is 0 Å². The first-order chi connectivity index (χ1) is 7.00. The van der Waals surface area contributed by atoms with E-state index in [9.17, 15) is 14.4 Å². The smallest absolute Gasteiger partial charge is 0.229 e. The van der Waals surface area contributed by atoms with Crippen LogP contribution in [0.4, 0.5) is 0 Å². The molecule has 0 fully saturated rings. The zero-order chi connectivity index (χ0) is 11.2. The molecule has 0 aromatic heterocycles. The van der Waals surface area contributed by atoms with Crippen LogP contribution in [-0.2, 0) is 4.79 Å². The van der Waals surface area contributed by atoms with Crippen LogP contribution >= 0.6 is 0 Å². The number of hydrogen-bond acceptors (Lipinski definition) is 5. The van der Waals surface area contributed by atoms with Crippen molar-refractivity contribution in [3.8, 4) is 11.5 Å². The van der Waals surface area contributed by atoms with Crippen LogP contribution in [0.2, 0.25) is 0 Å². The Bertz CT molecular complexity index is 501. The van der Waals surface area contributed by atoms with Crippen molar-refractivity contribution < 1.29 is 24.6 Å². The topological polar surface area (TPSA) is 91.7 Å². The van der Waals surface area contributed by atoms with Gasteiger partial charge in [0.2, 0.25) is 11.6 Å². The number of hydrogen-bond donors (Lipinski definition) is 2. The Morgan fingerprint density at radius 1 is 0.867 bits per heavy atom. The fourth-order valence-electron chi connectivity index (χ4n) is 1.47. The van der Waals surface area contributed by atoms with E-state index in [2.05, 4.69) is 0 Å². The number of Topliss-reactive ketones (excluding diaryl/α,β-unsaturated/α-hetero) is 3. The molecule has 0 atom stereocenters. The standard InChI is InChI=1S/C10H6O5/c11-6-3-9(14)10(15)5-2-8(13)7(12)1-4(5)6/h1-2,12-13H,3H2. The van der Waals surface area contributed by atoms with Crippen molar-refractivity contribution in [2.45, 2.75) is 6.42 Å². The van der Waals surface area contributed by atoms with E-state index in [4.69, 9.17) is 10.2 Å². The Hall–Kier alpha value is -2.17. The summed E-state index contributed by atoms with van der Waals surface area (Å²) in [4.78, 5) is 33.7. The first-order valence-electron chi connectivity index (χ1n) is 4.17. The second-order valence-electron chi connectivity index (χ2n) is 3.24. The molecule has 1 aromatic carbocycles. The van der Waals surface area contributed by atoms with Crippen LogP contribution < -0.4 is 0 Å². The Labute approximate surface area is 84.0 Å². The molecule has 0 heterocycles. The molecule has 1 aliphatic rings. The van der Waals surface area contributed by atoms with E-state index >= 15 is 0 Å². The lowest BCUT2D eigenvalue weighted by atomic mass is 9.88. The summed E-state index contributed by atoms with van der Waals surface area (Å²) in [6.07, 6.45) is -0.476. The number of ketones is 3. The normalized spacial score (nSPS) is 15.3. The summed E-state index contributed by atoms with van der Waals surface area (Å²) in [5, 5.41) is 18.3. The number of carbonyl (C=O) groups is 3. The summed E-state index contributed by atoms with van der Waals surface area (Å²) in [6.45, 7) is 0. The van der Waals surface area contributed by atoms with Crippen molar-refractivity contribution in [2.75, 3.05) is 0 Å². The van der Waals surface area contributed by atoms with Crippen LogP contribution in [0, 0.1) is 0 Å². The van der Waals surface area contributed by atoms with Crippen molar-refractivity contribution in [1.82, 2.24) is 0 Å². The number of carbonyl (C=O) groups excluding carboxylic acids is 3. The van der Waals surface area contributed by atoms with Gasteiger partial charge in [0.15, 0.2) is 17.3 Å². The first-order valence-corrected chi connectivity index (χ1v) is 4.17. The van der Waals surface area contributed by atoms with E-state index < -0.39 is 35.3 Å². The number of benzene rings is 1. The summed E-state index contributed by atoms with van der Waals surface area (Å²) < 4.78 is 0. The molecule has 5 heteroatoms. The largest absolute Gasteiger partial charge is 0.504 e. The lowest BCUT2D eigenvalue weighted by molar-refractivity contribution is -0.114. The molecule has 0 radical (unpaired) electrons. The Morgan fingerprint density at radius 2 is 1.40 bits per heavy atom. The van der Waals surface area contributed by atoms with Crippen molar-refractivity contribution in [1.29, 1.82) is 0 Å². The third-order valence-electron chi connectivity index (χ3n) is 2.23. The molecule has 0 saturated heterocycles. The average Bonchev–Trinajstić information content (AvgIpc) is 2.18. The second-order valence-corrected chi connectivity index (χ2v) is 3.24. The van der Waals surface area contributed by atoms with Gasteiger partial charge in [-0.3, -0.25) is 14.4 Å². The van der Waals surface area contributed by atoms with Gasteiger partial charge in [-0.1, -0.05) is 0 Å². The van der Waals surface area contributed by atoms with Crippen LogP contribution in [-0.4, -0.2) is 27.6 Å². The molecule has 0 amide bonds. The third-order valence-corrected chi connectivity index (χ3v) is 2.23. The Balaban J connectivity index is 2.72. The van der Waals surface area contributed by atoms with Crippen LogP contribution in [0.15, 0.2) is 12.1 Å². The van der Waals surface area contributed by atoms with E-state index in [1.807, 2.05) is 0 Å². The SMILES string of the molecule is O=C1CC(=O)c2cc(O)c(O)cc2C1=O. The highest BCUT2D eigenvalue weighted by Gasteiger charge is 2.31. The second kappa shape index (κ2) is 2.91. The van der Waals surface area contributed by atoms with Gasteiger partial charge in [0.05, 0.1) is 6.42 Å². The predicted molar refractivity (Wildman–Crippen MR) is 48.1 cm³/mol. The summed E-state index contributed by atoms with van der Waals surface area (Å²) in [6, 6.07) is 1.93. The molecule has 15 heavy (non-hydrogen) atoms. The molecule has 1 aliphatic carbocycles. The molecule has 2 N–H and O–H groups in total. The summed E-state index contributed by atoms with van der Waals surface area (Å²) in [5.74, 6) is -3.13. The van der Waals surface area contributed by atoms with Gasteiger partial charge in [-0.15, -0.1) is 0 Å². The quantitative estimate of drug-likeness (QED) is 0.365. The number of rotatable bonds is 0. The minimum Gasteiger partial charge on any atom is -0.504 e. The minimum atomic E-state index is -0.806. The molecule has 76 valence electrons. The lowest BCUT2D eigenvalue weighted by Crippen LogP contribution is -2.26. The number of aromatic hydroxyl groups is 2. The van der Waals surface area contributed by atoms with Crippen LogP contribution in [0.1, 0.15) is 27.1 Å². The van der Waals surface area contributed by atoms with Crippen molar-refractivity contribution >= 4 is 17.3 Å². The maximum Gasteiger partial charge on any atom is 0.229 e. The summed E-state index contributed by atoms with van der Waals surface area (Å²) >= 11 is 0. The fourth-order valence-corrected chi connectivity index (χ4v) is 1.47. The number of fused-ring (bicyclic) bond motifs is 1. The molecular weight excluding hydrogens is 200 g/mol. The van der Waals surface area contributed by atoms with E-state index in [1.54, 1.807) is 0 Å². The van der Waals surface area contributed by atoms with E-state index in [0.29, 0.717) is 0 Å². The zero-order valence-electron chi connectivity index (χ0n) is 7.48. The molecular formula is C10H6O5. The van der Waals surface area contributed by atoms with Gasteiger partial charge in [0, 0.05) is 11.1 Å². The van der Waals surface area contributed by atoms with Crippen molar-refractivity contribution in [3.63, 3.8) is 0 Å². The average molecular weight is 206 g/mol. The van der Waals surface area contributed by atoms with Gasteiger partial charge >= 0.3 is 0 Å². The first kappa shape index (κ1) is 9.39. The Morgan fingerprint density at radius 3 is 2.00 bits per heavy atom. The van der Waals surface area contributed by atoms with Gasteiger partial charge < -0.3 is 10.2 Å². The monoisotopic (exact) mass is 206 g/mol. The highest BCUT2D eigenvalue weighted by Crippen LogP contribution is 2.31. The number of phenolic OH excluding ortho intramolecular Hbond substituents is 2. The van der Waals surface area contributed by atoms with Gasteiger partial charge in [-0.05, 0) is 12.1 Å². The van der Waals surface area contributed by atoms with Gasteiger partial charge in [-0.25, -0.2) is 0 Å². The molecule has 0 bridgehead atoms. The van der Waals surface area contributed by atoms with Crippen LogP contribution in [0.5, 0.6) is 11.5 Å². The lowest BCUT2D eigenvalue weighted by Gasteiger charge is -2.13. The van der Waals surface area contributed by atoms with Gasteiger partial charge in [0.1, 0.15) is 0 Å². The maximum atomic E-state index is 11.3. The van der Waals surface area contributed by atoms with E-state index in [1.165, 1.54) is 0 Å².